The molecule has 1 fully saturated rings. The van der Waals surface area contributed by atoms with E-state index in [0.29, 0.717) is 5.41 Å². The summed E-state index contributed by atoms with van der Waals surface area (Å²) in [4.78, 5) is 0. The zero-order chi connectivity index (χ0) is 13.1. The van der Waals surface area contributed by atoms with E-state index < -0.39 is 0 Å². The number of nitrogen functional groups attached to an aromatic ring is 1. The van der Waals surface area contributed by atoms with Crippen LogP contribution in [0.25, 0.3) is 0 Å². The van der Waals surface area contributed by atoms with E-state index in [1.165, 1.54) is 18.4 Å². The van der Waals surface area contributed by atoms with Crippen molar-refractivity contribution in [3.05, 3.63) is 54.0 Å². The van der Waals surface area contributed by atoms with E-state index in [2.05, 4.69) is 17.4 Å². The average molecular weight is 256 g/mol. The van der Waals surface area contributed by atoms with Crippen LogP contribution < -0.4 is 11.1 Å². The second-order valence-corrected chi connectivity index (χ2v) is 5.41. The molecule has 0 radical (unpaired) electrons. The number of furan rings is 1. The van der Waals surface area contributed by atoms with Crippen molar-refractivity contribution in [2.24, 2.45) is 0 Å². The molecule has 100 valence electrons. The molecule has 1 aromatic carbocycles. The summed E-state index contributed by atoms with van der Waals surface area (Å²) in [5.74, 6) is 1.05. The van der Waals surface area contributed by atoms with Crippen LogP contribution in [0.15, 0.2) is 47.1 Å². The van der Waals surface area contributed by atoms with Crippen LogP contribution in [0.4, 0.5) is 5.69 Å². The third-order valence-corrected chi connectivity index (χ3v) is 3.97. The first-order valence-corrected chi connectivity index (χ1v) is 6.88. The molecular weight excluding hydrogens is 236 g/mol. The first-order chi connectivity index (χ1) is 9.28. The minimum atomic E-state index is 0.344. The summed E-state index contributed by atoms with van der Waals surface area (Å²) < 4.78 is 5.33. The van der Waals surface area contributed by atoms with Crippen LogP contribution in [-0.4, -0.2) is 13.1 Å². The molecule has 0 spiro atoms. The summed E-state index contributed by atoms with van der Waals surface area (Å²) >= 11 is 0. The molecule has 0 aliphatic heterocycles. The van der Waals surface area contributed by atoms with Gasteiger partial charge in [-0.05, 0) is 42.7 Å². The standard InChI is InChI=1S/C16H20N2O/c17-14-5-3-13(4-6-14)16(8-9-16)12-18-10-7-15-2-1-11-19-15/h1-6,11,18H,7-10,12,17H2. The lowest BCUT2D eigenvalue weighted by molar-refractivity contribution is 0.490. The number of hydrogen-bond acceptors (Lipinski definition) is 3. The van der Waals surface area contributed by atoms with Crippen LogP contribution in [-0.2, 0) is 11.8 Å². The minimum Gasteiger partial charge on any atom is -0.469 e. The Morgan fingerprint density at radius 1 is 1.16 bits per heavy atom. The summed E-state index contributed by atoms with van der Waals surface area (Å²) in [6.07, 6.45) is 5.21. The van der Waals surface area contributed by atoms with E-state index in [4.69, 9.17) is 10.2 Å². The molecule has 0 saturated heterocycles. The average Bonchev–Trinajstić information content (AvgIpc) is 3.03. The third-order valence-electron chi connectivity index (χ3n) is 3.97. The number of rotatable bonds is 6. The van der Waals surface area contributed by atoms with Gasteiger partial charge in [-0.3, -0.25) is 0 Å². The Labute approximate surface area is 113 Å². The van der Waals surface area contributed by atoms with Crippen LogP contribution in [0.3, 0.4) is 0 Å². The Balaban J connectivity index is 1.50. The molecule has 1 aromatic heterocycles. The predicted octanol–water partition coefficient (Wildman–Crippen LogP) is 2.73. The van der Waals surface area contributed by atoms with Gasteiger partial charge in [-0.25, -0.2) is 0 Å². The highest BCUT2D eigenvalue weighted by Crippen LogP contribution is 2.47. The molecule has 3 N–H and O–H groups in total. The summed E-state index contributed by atoms with van der Waals surface area (Å²) in [6.45, 7) is 2.00. The van der Waals surface area contributed by atoms with E-state index >= 15 is 0 Å². The fraction of sp³-hybridized carbons (Fsp3) is 0.375. The zero-order valence-electron chi connectivity index (χ0n) is 11.1. The van der Waals surface area contributed by atoms with Crippen molar-refractivity contribution in [3.8, 4) is 0 Å². The Morgan fingerprint density at radius 2 is 1.95 bits per heavy atom. The van der Waals surface area contributed by atoms with Gasteiger partial charge in [-0.1, -0.05) is 12.1 Å². The Bertz CT molecular complexity index is 512. The Kier molecular flexibility index (Phi) is 3.30. The first-order valence-electron chi connectivity index (χ1n) is 6.88. The molecule has 0 amide bonds. The predicted molar refractivity (Wildman–Crippen MR) is 77.0 cm³/mol. The largest absolute Gasteiger partial charge is 0.469 e. The van der Waals surface area contributed by atoms with Gasteiger partial charge in [0, 0.05) is 30.6 Å². The lowest BCUT2D eigenvalue weighted by Crippen LogP contribution is -2.28. The van der Waals surface area contributed by atoms with E-state index in [9.17, 15) is 0 Å². The molecule has 0 bridgehead atoms. The molecule has 0 unspecified atom stereocenters. The summed E-state index contributed by atoms with van der Waals surface area (Å²) in [6, 6.07) is 12.3. The van der Waals surface area contributed by atoms with Crippen LogP contribution in [0.2, 0.25) is 0 Å². The molecule has 1 aliphatic rings. The van der Waals surface area contributed by atoms with Crippen molar-refractivity contribution in [1.29, 1.82) is 0 Å². The topological polar surface area (TPSA) is 51.2 Å². The highest BCUT2D eigenvalue weighted by atomic mass is 16.3. The first kappa shape index (κ1) is 12.3. The van der Waals surface area contributed by atoms with Crippen molar-refractivity contribution in [3.63, 3.8) is 0 Å². The van der Waals surface area contributed by atoms with Gasteiger partial charge < -0.3 is 15.5 Å². The van der Waals surface area contributed by atoms with Gasteiger partial charge >= 0.3 is 0 Å². The third kappa shape index (κ3) is 2.82. The number of nitrogens with two attached hydrogens (primary N) is 1. The van der Waals surface area contributed by atoms with Gasteiger partial charge in [-0.15, -0.1) is 0 Å². The maximum Gasteiger partial charge on any atom is 0.105 e. The quantitative estimate of drug-likeness (QED) is 0.617. The summed E-state index contributed by atoms with van der Waals surface area (Å²) in [5.41, 5.74) is 8.33. The molecule has 1 aliphatic carbocycles. The molecule has 3 rings (SSSR count). The van der Waals surface area contributed by atoms with Crippen molar-refractivity contribution in [2.75, 3.05) is 18.8 Å². The fourth-order valence-corrected chi connectivity index (χ4v) is 2.55. The molecule has 19 heavy (non-hydrogen) atoms. The second kappa shape index (κ2) is 5.10. The monoisotopic (exact) mass is 256 g/mol. The van der Waals surface area contributed by atoms with Gasteiger partial charge in [0.1, 0.15) is 5.76 Å². The molecule has 0 atom stereocenters. The smallest absolute Gasteiger partial charge is 0.105 e. The number of benzene rings is 1. The van der Waals surface area contributed by atoms with Crippen molar-refractivity contribution < 1.29 is 4.42 Å². The lowest BCUT2D eigenvalue weighted by Gasteiger charge is -2.16. The van der Waals surface area contributed by atoms with Gasteiger partial charge in [0.15, 0.2) is 0 Å². The SMILES string of the molecule is Nc1ccc(C2(CNCCc3ccco3)CC2)cc1. The Hall–Kier alpha value is -1.74. The number of hydrogen-bond donors (Lipinski definition) is 2. The zero-order valence-corrected chi connectivity index (χ0v) is 11.1. The second-order valence-electron chi connectivity index (χ2n) is 5.41. The maximum atomic E-state index is 5.74. The van der Waals surface area contributed by atoms with Crippen LogP contribution in [0.5, 0.6) is 0 Å². The number of anilines is 1. The molecule has 1 heterocycles. The van der Waals surface area contributed by atoms with Crippen molar-refractivity contribution in [1.82, 2.24) is 5.32 Å². The maximum absolute atomic E-state index is 5.74. The van der Waals surface area contributed by atoms with E-state index in [1.807, 2.05) is 24.3 Å². The fourth-order valence-electron chi connectivity index (χ4n) is 2.55. The number of nitrogens with one attached hydrogen (secondary N) is 1. The van der Waals surface area contributed by atoms with E-state index in [0.717, 1.165) is 31.0 Å². The lowest BCUT2D eigenvalue weighted by atomic mass is 9.95. The van der Waals surface area contributed by atoms with Gasteiger partial charge in [0.05, 0.1) is 6.26 Å². The molecule has 2 aromatic rings. The minimum absolute atomic E-state index is 0.344. The van der Waals surface area contributed by atoms with Gasteiger partial charge in [0.2, 0.25) is 0 Å². The Morgan fingerprint density at radius 3 is 2.58 bits per heavy atom. The summed E-state index contributed by atoms with van der Waals surface area (Å²) in [7, 11) is 0. The molecule has 3 heteroatoms. The molecule has 1 saturated carbocycles. The summed E-state index contributed by atoms with van der Waals surface area (Å²) in [5, 5.41) is 3.55. The van der Waals surface area contributed by atoms with Crippen molar-refractivity contribution >= 4 is 5.69 Å². The van der Waals surface area contributed by atoms with E-state index in [-0.39, 0.29) is 0 Å². The molecular formula is C16H20N2O. The highest BCUT2D eigenvalue weighted by Gasteiger charge is 2.43. The van der Waals surface area contributed by atoms with E-state index in [1.54, 1.807) is 6.26 Å². The highest BCUT2D eigenvalue weighted by molar-refractivity contribution is 5.43. The van der Waals surface area contributed by atoms with Crippen molar-refractivity contribution in [2.45, 2.75) is 24.7 Å². The van der Waals surface area contributed by atoms with Gasteiger partial charge in [0.25, 0.3) is 0 Å². The molecule has 3 nitrogen and oxygen atoms in total. The van der Waals surface area contributed by atoms with Crippen LogP contribution >= 0.6 is 0 Å². The normalized spacial score (nSPS) is 16.4. The van der Waals surface area contributed by atoms with Crippen LogP contribution in [0, 0.1) is 0 Å². The van der Waals surface area contributed by atoms with Gasteiger partial charge in [-0.2, -0.15) is 0 Å². The van der Waals surface area contributed by atoms with Crippen LogP contribution in [0.1, 0.15) is 24.2 Å².